The van der Waals surface area contributed by atoms with Gasteiger partial charge in [0.25, 0.3) is 0 Å². The molecule has 0 spiro atoms. The number of hydrogen-bond donors (Lipinski definition) is 0. The van der Waals surface area contributed by atoms with Gasteiger partial charge in [-0.05, 0) is 25.7 Å². The Kier molecular flexibility index (Phi) is 5.32. The van der Waals surface area contributed by atoms with Gasteiger partial charge in [0.1, 0.15) is 0 Å². The molecule has 0 heterocycles. The molecule has 1 atom stereocenters. The number of nitriles is 1. The van der Waals surface area contributed by atoms with Crippen LogP contribution in [0.1, 0.15) is 39.0 Å². The Balaban J connectivity index is 2.37. The summed E-state index contributed by atoms with van der Waals surface area (Å²) in [5, 5.41) is 8.55. The molecule has 18 heavy (non-hydrogen) atoms. The fraction of sp³-hybridized carbons (Fsp3) is 0.917. The monoisotopic (exact) mass is 283 g/mol. The molecule has 0 bridgehead atoms. The normalized spacial score (nSPS) is 22.4. The maximum atomic E-state index is 13.0. The summed E-state index contributed by atoms with van der Waals surface area (Å²) >= 11 is 1.17. The predicted molar refractivity (Wildman–Crippen MR) is 64.0 cm³/mol. The van der Waals surface area contributed by atoms with Crippen LogP contribution < -0.4 is 0 Å². The van der Waals surface area contributed by atoms with Crippen molar-refractivity contribution in [1.29, 1.82) is 5.26 Å². The molecule has 0 aromatic rings. The van der Waals surface area contributed by atoms with E-state index in [1.165, 1.54) is 11.8 Å². The molecule has 0 aromatic heterocycles. The first-order valence-electron chi connectivity index (χ1n) is 6.00. The van der Waals surface area contributed by atoms with Gasteiger partial charge in [-0.25, -0.2) is 17.6 Å². The van der Waals surface area contributed by atoms with Crippen LogP contribution in [0.3, 0.4) is 0 Å². The zero-order valence-corrected chi connectivity index (χ0v) is 11.1. The Morgan fingerprint density at radius 3 is 2.39 bits per heavy atom. The average Bonchev–Trinajstić information content (AvgIpc) is 2.24. The Bertz CT molecular complexity index is 298. The number of nitrogens with zero attached hydrogens (tertiary/aromatic N) is 1. The molecule has 1 saturated carbocycles. The van der Waals surface area contributed by atoms with Crippen molar-refractivity contribution in [2.75, 3.05) is 5.75 Å². The average molecular weight is 283 g/mol. The van der Waals surface area contributed by atoms with Gasteiger partial charge in [0, 0.05) is 25.0 Å². The van der Waals surface area contributed by atoms with Crippen molar-refractivity contribution in [2.24, 2.45) is 5.92 Å². The van der Waals surface area contributed by atoms with Gasteiger partial charge < -0.3 is 0 Å². The van der Waals surface area contributed by atoms with E-state index in [-0.39, 0.29) is 30.9 Å². The molecule has 104 valence electrons. The minimum atomic E-state index is -2.73. The van der Waals surface area contributed by atoms with Gasteiger partial charge in [-0.3, -0.25) is 0 Å². The van der Waals surface area contributed by atoms with Crippen LogP contribution in [0.5, 0.6) is 0 Å². The SMILES string of the molecule is CC(F)(F)CCSC(C#N)C1CCC(F)(F)CC1. The highest BCUT2D eigenvalue weighted by Crippen LogP contribution is 2.40. The maximum absolute atomic E-state index is 13.0. The van der Waals surface area contributed by atoms with Crippen molar-refractivity contribution in [2.45, 2.75) is 56.1 Å². The second-order valence-electron chi connectivity index (χ2n) is 4.93. The number of rotatable bonds is 5. The van der Waals surface area contributed by atoms with Crippen molar-refractivity contribution in [3.8, 4) is 6.07 Å². The van der Waals surface area contributed by atoms with Crippen LogP contribution in [-0.2, 0) is 0 Å². The molecule has 0 aliphatic heterocycles. The van der Waals surface area contributed by atoms with E-state index in [1.54, 1.807) is 0 Å². The molecule has 0 aromatic carbocycles. The standard InChI is InChI=1S/C12H17F4NS/c1-11(13,14)6-7-18-10(8-17)9-2-4-12(15,16)5-3-9/h9-10H,2-7H2,1H3. The lowest BCUT2D eigenvalue weighted by molar-refractivity contribution is -0.0446. The molecular weight excluding hydrogens is 266 g/mol. The molecule has 0 amide bonds. The first-order chi connectivity index (χ1) is 8.23. The Labute approximate surface area is 109 Å². The molecule has 1 rings (SSSR count). The lowest BCUT2D eigenvalue weighted by atomic mass is 9.85. The third-order valence-electron chi connectivity index (χ3n) is 3.16. The van der Waals surface area contributed by atoms with E-state index in [0.717, 1.165) is 6.92 Å². The molecule has 1 unspecified atom stereocenters. The molecule has 1 fully saturated rings. The van der Waals surface area contributed by atoms with E-state index in [2.05, 4.69) is 6.07 Å². The minimum Gasteiger partial charge on any atom is -0.207 e. The molecule has 1 aliphatic rings. The van der Waals surface area contributed by atoms with E-state index in [0.29, 0.717) is 12.8 Å². The summed E-state index contributed by atoms with van der Waals surface area (Å²) in [4.78, 5) is 0. The van der Waals surface area contributed by atoms with Crippen molar-refractivity contribution in [3.63, 3.8) is 0 Å². The fourth-order valence-corrected chi connectivity index (χ4v) is 3.36. The summed E-state index contributed by atoms with van der Waals surface area (Å²) in [7, 11) is 0. The van der Waals surface area contributed by atoms with Crippen LogP contribution >= 0.6 is 11.8 Å². The Hall–Kier alpha value is -0.440. The highest BCUT2D eigenvalue weighted by Gasteiger charge is 2.38. The van der Waals surface area contributed by atoms with E-state index in [1.807, 2.05) is 0 Å². The molecular formula is C12H17F4NS. The zero-order chi connectivity index (χ0) is 13.8. The smallest absolute Gasteiger partial charge is 0.207 e. The van der Waals surface area contributed by atoms with Crippen molar-refractivity contribution in [3.05, 3.63) is 0 Å². The van der Waals surface area contributed by atoms with Gasteiger partial charge in [-0.15, -0.1) is 11.8 Å². The third kappa shape index (κ3) is 5.47. The second kappa shape index (κ2) is 6.14. The first-order valence-corrected chi connectivity index (χ1v) is 7.05. The topological polar surface area (TPSA) is 23.8 Å². The summed E-state index contributed by atoms with van der Waals surface area (Å²) in [6.07, 6.45) is -0.0547. The Morgan fingerprint density at radius 2 is 1.94 bits per heavy atom. The highest BCUT2D eigenvalue weighted by atomic mass is 32.2. The minimum absolute atomic E-state index is 0.0925. The second-order valence-corrected chi connectivity index (χ2v) is 6.18. The quantitative estimate of drug-likeness (QED) is 0.694. The van der Waals surface area contributed by atoms with Gasteiger partial charge in [-0.1, -0.05) is 0 Å². The van der Waals surface area contributed by atoms with Gasteiger partial charge >= 0.3 is 0 Å². The number of halogens is 4. The van der Waals surface area contributed by atoms with Crippen molar-refractivity contribution >= 4 is 11.8 Å². The van der Waals surface area contributed by atoms with Gasteiger partial charge in [-0.2, -0.15) is 5.26 Å². The van der Waals surface area contributed by atoms with Gasteiger partial charge in [0.05, 0.1) is 11.3 Å². The van der Waals surface area contributed by atoms with Crippen LogP contribution in [0.2, 0.25) is 0 Å². The predicted octanol–water partition coefficient (Wildman–Crippen LogP) is 4.48. The largest absolute Gasteiger partial charge is 0.248 e. The van der Waals surface area contributed by atoms with Crippen LogP contribution in [0, 0.1) is 17.2 Å². The van der Waals surface area contributed by atoms with Crippen LogP contribution in [0.4, 0.5) is 17.6 Å². The van der Waals surface area contributed by atoms with E-state index >= 15 is 0 Å². The number of alkyl halides is 4. The summed E-state index contributed by atoms with van der Waals surface area (Å²) in [5.74, 6) is -5.25. The van der Waals surface area contributed by atoms with E-state index in [9.17, 15) is 17.6 Å². The van der Waals surface area contributed by atoms with Crippen molar-refractivity contribution in [1.82, 2.24) is 0 Å². The third-order valence-corrected chi connectivity index (χ3v) is 4.44. The van der Waals surface area contributed by atoms with Crippen molar-refractivity contribution < 1.29 is 17.6 Å². The molecule has 6 heteroatoms. The summed E-state index contributed by atoms with van der Waals surface area (Å²) in [6, 6.07) is 2.06. The number of thioether (sulfide) groups is 1. The first kappa shape index (κ1) is 15.6. The highest BCUT2D eigenvalue weighted by molar-refractivity contribution is 8.00. The number of hydrogen-bond acceptors (Lipinski definition) is 2. The molecule has 1 aliphatic carbocycles. The zero-order valence-electron chi connectivity index (χ0n) is 10.3. The van der Waals surface area contributed by atoms with E-state index in [4.69, 9.17) is 5.26 Å². The summed E-state index contributed by atoms with van der Waals surface area (Å²) in [6.45, 7) is 0.843. The molecule has 1 nitrogen and oxygen atoms in total. The van der Waals surface area contributed by atoms with Gasteiger partial charge in [0.15, 0.2) is 0 Å². The van der Waals surface area contributed by atoms with Crippen LogP contribution in [0.15, 0.2) is 0 Å². The molecule has 0 radical (unpaired) electrons. The summed E-state index contributed by atoms with van der Waals surface area (Å²) < 4.78 is 51.2. The van der Waals surface area contributed by atoms with Gasteiger partial charge in [0.2, 0.25) is 11.8 Å². The Morgan fingerprint density at radius 1 is 1.39 bits per heavy atom. The fourth-order valence-electron chi connectivity index (χ4n) is 2.01. The van der Waals surface area contributed by atoms with E-state index < -0.39 is 17.1 Å². The maximum Gasteiger partial charge on any atom is 0.248 e. The lowest BCUT2D eigenvalue weighted by Crippen LogP contribution is -2.29. The molecule has 0 saturated heterocycles. The van der Waals surface area contributed by atoms with Crippen LogP contribution in [0.25, 0.3) is 0 Å². The summed E-state index contributed by atoms with van der Waals surface area (Å²) in [5.41, 5.74) is 0. The lowest BCUT2D eigenvalue weighted by Gasteiger charge is -2.30. The van der Waals surface area contributed by atoms with Crippen LogP contribution in [-0.4, -0.2) is 22.8 Å². The molecule has 0 N–H and O–H groups in total.